The first-order chi connectivity index (χ1) is 46.5. The topological polar surface area (TPSA) is 237 Å². The minimum absolute atomic E-state index is 0.106. The zero-order valence-electron chi connectivity index (χ0n) is 62.5. The Kier molecular flexibility index (Phi) is 68.7. The molecule has 96 heavy (non-hydrogen) atoms. The molecule has 0 saturated heterocycles. The highest BCUT2D eigenvalue weighted by Crippen LogP contribution is 2.45. The van der Waals surface area contributed by atoms with Gasteiger partial charge in [0.2, 0.25) is 0 Å². The number of phosphoric acid groups is 2. The van der Waals surface area contributed by atoms with Crippen LogP contribution < -0.4 is 0 Å². The lowest BCUT2D eigenvalue weighted by Gasteiger charge is -2.21. The minimum atomic E-state index is -4.96. The zero-order chi connectivity index (χ0) is 70.5. The number of carbonyl (C=O) groups is 4. The van der Waals surface area contributed by atoms with Crippen molar-refractivity contribution >= 4 is 39.5 Å². The number of rotatable bonds is 77. The molecule has 0 aliphatic heterocycles. The Morgan fingerprint density at radius 3 is 0.708 bits per heavy atom. The highest BCUT2D eigenvalue weighted by Gasteiger charge is 2.30. The molecule has 17 nitrogen and oxygen atoms in total. The van der Waals surface area contributed by atoms with Gasteiger partial charge < -0.3 is 33.8 Å². The van der Waals surface area contributed by atoms with Crippen LogP contribution >= 0.6 is 15.6 Å². The summed E-state index contributed by atoms with van der Waals surface area (Å²) in [5.74, 6) is -1.33. The van der Waals surface area contributed by atoms with E-state index < -0.39 is 97.5 Å². The minimum Gasteiger partial charge on any atom is -0.462 e. The summed E-state index contributed by atoms with van der Waals surface area (Å²) in [6.45, 7) is 7.28. The molecule has 19 heteroatoms. The Hall–Kier alpha value is -1.94. The zero-order valence-corrected chi connectivity index (χ0v) is 64.3. The lowest BCUT2D eigenvalue weighted by molar-refractivity contribution is -0.161. The second kappa shape index (κ2) is 70.1. The molecule has 570 valence electrons. The summed E-state index contributed by atoms with van der Waals surface area (Å²) >= 11 is 0. The standard InChI is InChI=1S/C77H150O17P2/c1-6-9-12-15-18-21-22-23-24-25-26-27-28-29-30-31-34-38-43-48-53-58-63-77(82)94-73(67-88-75(80)61-56-51-46-42-37-35-32-33-36-41-44-49-54-59-70(4)5)69-92-96(85,86)90-65-71(78)64-89-95(83,84)91-68-72(93-76(81)62-57-52-47-40-20-17-14-11-8-3)66-87-74(79)60-55-50-45-39-19-16-13-10-7-2/h70-73,78H,6-69H2,1-5H3,(H,83,84)(H,85,86)/t71-,72+,73+/m0/s1. The van der Waals surface area contributed by atoms with Crippen molar-refractivity contribution < 1.29 is 80.2 Å². The van der Waals surface area contributed by atoms with Crippen LogP contribution in [0.2, 0.25) is 0 Å². The van der Waals surface area contributed by atoms with Gasteiger partial charge in [0.05, 0.1) is 26.4 Å². The van der Waals surface area contributed by atoms with E-state index in [1.165, 1.54) is 231 Å². The molecule has 0 aromatic carbocycles. The highest BCUT2D eigenvalue weighted by atomic mass is 31.2. The van der Waals surface area contributed by atoms with Gasteiger partial charge in [0, 0.05) is 25.7 Å². The number of aliphatic hydroxyl groups excluding tert-OH is 1. The van der Waals surface area contributed by atoms with Gasteiger partial charge in [-0.1, -0.05) is 356 Å². The van der Waals surface area contributed by atoms with E-state index >= 15 is 0 Å². The van der Waals surface area contributed by atoms with Crippen LogP contribution in [-0.2, 0) is 65.4 Å². The summed E-state index contributed by atoms with van der Waals surface area (Å²) in [5.41, 5.74) is 0. The second-order valence-corrected chi connectivity index (χ2v) is 31.1. The summed E-state index contributed by atoms with van der Waals surface area (Å²) in [4.78, 5) is 72.7. The van der Waals surface area contributed by atoms with Crippen LogP contribution in [0.4, 0.5) is 0 Å². The van der Waals surface area contributed by atoms with Crippen molar-refractivity contribution in [3.63, 3.8) is 0 Å². The van der Waals surface area contributed by atoms with Crippen LogP contribution in [0.15, 0.2) is 0 Å². The lowest BCUT2D eigenvalue weighted by Crippen LogP contribution is -2.30. The van der Waals surface area contributed by atoms with Gasteiger partial charge in [-0.3, -0.25) is 37.3 Å². The van der Waals surface area contributed by atoms with E-state index in [-0.39, 0.29) is 25.7 Å². The van der Waals surface area contributed by atoms with E-state index in [4.69, 9.17) is 37.0 Å². The van der Waals surface area contributed by atoms with Crippen molar-refractivity contribution in [2.24, 2.45) is 5.92 Å². The summed E-state index contributed by atoms with van der Waals surface area (Å²) in [7, 11) is -9.90. The Morgan fingerprint density at radius 2 is 0.479 bits per heavy atom. The molecule has 0 radical (unpaired) electrons. The van der Waals surface area contributed by atoms with Gasteiger partial charge in [-0.15, -0.1) is 0 Å². The third-order valence-electron chi connectivity index (χ3n) is 18.0. The molecule has 0 amide bonds. The normalized spacial score (nSPS) is 13.9. The van der Waals surface area contributed by atoms with E-state index in [1.54, 1.807) is 0 Å². The van der Waals surface area contributed by atoms with Crippen LogP contribution in [0.1, 0.15) is 407 Å². The molecule has 5 atom stereocenters. The molecular formula is C77H150O17P2. The number of hydrogen-bond acceptors (Lipinski definition) is 15. The van der Waals surface area contributed by atoms with E-state index in [1.807, 2.05) is 0 Å². The van der Waals surface area contributed by atoms with Gasteiger partial charge in [-0.25, -0.2) is 9.13 Å². The molecule has 0 fully saturated rings. The van der Waals surface area contributed by atoms with Crippen molar-refractivity contribution in [2.45, 2.75) is 425 Å². The van der Waals surface area contributed by atoms with Gasteiger partial charge in [-0.2, -0.15) is 0 Å². The van der Waals surface area contributed by atoms with Gasteiger partial charge in [0.25, 0.3) is 0 Å². The fourth-order valence-electron chi connectivity index (χ4n) is 11.9. The summed E-state index contributed by atoms with van der Waals surface area (Å²) in [5, 5.41) is 10.6. The van der Waals surface area contributed by atoms with E-state index in [9.17, 15) is 43.2 Å². The first-order valence-electron chi connectivity index (χ1n) is 40.1. The number of unbranched alkanes of at least 4 members (excludes halogenated alkanes) is 49. The number of hydrogen-bond donors (Lipinski definition) is 3. The first kappa shape index (κ1) is 94.1. The average Bonchev–Trinajstić information content (AvgIpc) is 1.44. The third kappa shape index (κ3) is 70.5. The average molecular weight is 1410 g/mol. The Morgan fingerprint density at radius 1 is 0.281 bits per heavy atom. The maximum absolute atomic E-state index is 13.1. The van der Waals surface area contributed by atoms with Gasteiger partial charge >= 0.3 is 39.5 Å². The molecule has 0 bridgehead atoms. The molecule has 0 heterocycles. The quantitative estimate of drug-likeness (QED) is 0.0222. The molecule has 2 unspecified atom stereocenters. The van der Waals surface area contributed by atoms with E-state index in [0.29, 0.717) is 25.7 Å². The number of carbonyl (C=O) groups excluding carboxylic acids is 4. The molecular weight excluding hydrogens is 1260 g/mol. The lowest BCUT2D eigenvalue weighted by atomic mass is 10.0. The maximum atomic E-state index is 13.1. The number of esters is 4. The van der Waals surface area contributed by atoms with Crippen LogP contribution in [0.5, 0.6) is 0 Å². The molecule has 0 rings (SSSR count). The molecule has 0 spiro atoms. The van der Waals surface area contributed by atoms with Gasteiger partial charge in [-0.05, 0) is 31.6 Å². The Bertz CT molecular complexity index is 1840. The Balaban J connectivity index is 5.15. The summed E-state index contributed by atoms with van der Waals surface area (Å²) < 4.78 is 68.4. The van der Waals surface area contributed by atoms with Gasteiger partial charge in [0.15, 0.2) is 12.2 Å². The van der Waals surface area contributed by atoms with Crippen LogP contribution in [0.3, 0.4) is 0 Å². The highest BCUT2D eigenvalue weighted by molar-refractivity contribution is 7.47. The van der Waals surface area contributed by atoms with Crippen molar-refractivity contribution in [1.29, 1.82) is 0 Å². The van der Waals surface area contributed by atoms with E-state index in [0.717, 1.165) is 95.8 Å². The molecule has 3 N–H and O–H groups in total. The molecule has 0 aliphatic carbocycles. The van der Waals surface area contributed by atoms with Crippen molar-refractivity contribution in [3.05, 3.63) is 0 Å². The fourth-order valence-corrected chi connectivity index (χ4v) is 13.5. The molecule has 0 aromatic rings. The SMILES string of the molecule is CCCCCCCCCCCCCCCCCCCCCCCCC(=O)O[C@H](COC(=O)CCCCCCCCCCCCCCCC(C)C)COP(=O)(O)OC[C@@H](O)COP(=O)(O)OC[C@@H](COC(=O)CCCCCCCCCCC)OC(=O)CCCCCCCCCCC. The second-order valence-electron chi connectivity index (χ2n) is 28.2. The number of ether oxygens (including phenoxy) is 4. The number of phosphoric ester groups is 2. The number of aliphatic hydroxyl groups is 1. The Labute approximate surface area is 588 Å². The smallest absolute Gasteiger partial charge is 0.462 e. The largest absolute Gasteiger partial charge is 0.472 e. The van der Waals surface area contributed by atoms with Crippen molar-refractivity contribution in [1.82, 2.24) is 0 Å². The molecule has 0 aromatic heterocycles. The van der Waals surface area contributed by atoms with Crippen molar-refractivity contribution in [3.8, 4) is 0 Å². The summed E-state index contributed by atoms with van der Waals surface area (Å²) in [6.07, 6.45) is 59.9. The first-order valence-corrected chi connectivity index (χ1v) is 43.1. The molecule has 0 saturated carbocycles. The van der Waals surface area contributed by atoms with Crippen LogP contribution in [0, 0.1) is 5.92 Å². The summed E-state index contributed by atoms with van der Waals surface area (Å²) in [6, 6.07) is 0. The van der Waals surface area contributed by atoms with E-state index in [2.05, 4.69) is 34.6 Å². The monoisotopic (exact) mass is 1410 g/mol. The molecule has 0 aliphatic rings. The van der Waals surface area contributed by atoms with Crippen LogP contribution in [0.25, 0.3) is 0 Å². The fraction of sp³-hybridized carbons (Fsp3) is 0.948. The predicted molar refractivity (Wildman–Crippen MR) is 391 cm³/mol. The van der Waals surface area contributed by atoms with Crippen molar-refractivity contribution in [2.75, 3.05) is 39.6 Å². The predicted octanol–water partition coefficient (Wildman–Crippen LogP) is 22.9. The third-order valence-corrected chi connectivity index (χ3v) is 19.9. The van der Waals surface area contributed by atoms with Gasteiger partial charge in [0.1, 0.15) is 19.3 Å². The maximum Gasteiger partial charge on any atom is 0.472 e. The van der Waals surface area contributed by atoms with Crippen LogP contribution in [-0.4, -0.2) is 96.7 Å².